The summed E-state index contributed by atoms with van der Waals surface area (Å²) in [7, 11) is 1.38. The Morgan fingerprint density at radius 1 is 1.37 bits per heavy atom. The average molecular weight is 376 g/mol. The zero-order valence-electron chi connectivity index (χ0n) is 15.0. The molecule has 11 heteroatoms. The predicted octanol–water partition coefficient (Wildman–Crippen LogP) is 1.31. The van der Waals surface area contributed by atoms with Gasteiger partial charge in [0.05, 0.1) is 18.4 Å². The van der Waals surface area contributed by atoms with Crippen LogP contribution in [0.1, 0.15) is 30.6 Å². The van der Waals surface area contributed by atoms with E-state index in [0.29, 0.717) is 18.3 Å². The molecule has 11 nitrogen and oxygen atoms in total. The number of benzene rings is 1. The van der Waals surface area contributed by atoms with E-state index >= 15 is 0 Å². The van der Waals surface area contributed by atoms with Crippen molar-refractivity contribution in [3.8, 4) is 17.1 Å². The van der Waals surface area contributed by atoms with Crippen molar-refractivity contribution in [2.75, 3.05) is 12.4 Å². The number of rotatable bonds is 8. The smallest absolute Gasteiger partial charge is 0.405 e. The zero-order chi connectivity index (χ0) is 20.0. The number of aromatic nitrogens is 4. The zero-order valence-corrected chi connectivity index (χ0v) is 15.0. The van der Waals surface area contributed by atoms with Gasteiger partial charge < -0.3 is 20.5 Å². The van der Waals surface area contributed by atoms with Crippen molar-refractivity contribution >= 4 is 24.0 Å². The van der Waals surface area contributed by atoms with E-state index in [1.54, 1.807) is 0 Å². The molecule has 0 aliphatic carbocycles. The molecule has 1 aromatic carbocycles. The molecule has 0 saturated heterocycles. The van der Waals surface area contributed by atoms with Gasteiger partial charge in [-0.25, -0.2) is 4.79 Å². The third kappa shape index (κ3) is 5.00. The van der Waals surface area contributed by atoms with Crippen molar-refractivity contribution in [1.82, 2.24) is 25.9 Å². The quantitative estimate of drug-likeness (QED) is 0.502. The summed E-state index contributed by atoms with van der Waals surface area (Å²) in [5.74, 6) is -0.0881. The Labute approximate surface area is 154 Å². The lowest BCUT2D eigenvalue weighted by Gasteiger charge is -2.20. The van der Waals surface area contributed by atoms with Crippen molar-refractivity contribution in [3.05, 3.63) is 17.7 Å². The van der Waals surface area contributed by atoms with Gasteiger partial charge in [0.15, 0.2) is 6.29 Å². The van der Waals surface area contributed by atoms with Crippen LogP contribution in [0.2, 0.25) is 0 Å². The number of carboxylic acid groups (broad SMARTS) is 1. The third-order valence-electron chi connectivity index (χ3n) is 3.66. The van der Waals surface area contributed by atoms with Gasteiger partial charge in [0.1, 0.15) is 11.8 Å². The lowest BCUT2D eigenvalue weighted by atomic mass is 10.0. The number of methoxy groups -OCH3 is 1. The molecule has 2 rings (SSSR count). The van der Waals surface area contributed by atoms with E-state index < -0.39 is 18.0 Å². The Balaban J connectivity index is 2.41. The first-order chi connectivity index (χ1) is 12.8. The van der Waals surface area contributed by atoms with Gasteiger partial charge in [0.2, 0.25) is 11.7 Å². The summed E-state index contributed by atoms with van der Waals surface area (Å²) >= 11 is 0. The standard InChI is InChI=1S/C16H20N6O5/c1-8(2)4-12(18-16(25)26)15(24)17-11-6-13(27-3)9(7-23)5-10(11)14-19-21-22-20-14/h5-8,12,18H,4H2,1-3H3,(H,17,24)(H,25,26)(H,19,20,21,22). The van der Waals surface area contributed by atoms with E-state index in [0.717, 1.165) is 0 Å². The van der Waals surface area contributed by atoms with Crippen LogP contribution < -0.4 is 15.4 Å². The number of nitrogens with one attached hydrogen (secondary N) is 3. The van der Waals surface area contributed by atoms with Crippen LogP contribution in [0.15, 0.2) is 12.1 Å². The van der Waals surface area contributed by atoms with Crippen molar-refractivity contribution in [1.29, 1.82) is 0 Å². The summed E-state index contributed by atoms with van der Waals surface area (Å²) in [6, 6.07) is 1.94. The molecule has 4 N–H and O–H groups in total. The summed E-state index contributed by atoms with van der Waals surface area (Å²) < 4.78 is 5.16. The van der Waals surface area contributed by atoms with Crippen LogP contribution in [0.3, 0.4) is 0 Å². The van der Waals surface area contributed by atoms with Crippen LogP contribution in [0.25, 0.3) is 11.4 Å². The van der Waals surface area contributed by atoms with Gasteiger partial charge in [-0.3, -0.25) is 9.59 Å². The second-order valence-electron chi connectivity index (χ2n) is 6.11. The highest BCUT2D eigenvalue weighted by molar-refractivity contribution is 6.00. The summed E-state index contributed by atoms with van der Waals surface area (Å²) in [5, 5.41) is 27.3. The minimum absolute atomic E-state index is 0.0799. The molecule has 0 saturated carbocycles. The lowest BCUT2D eigenvalue weighted by molar-refractivity contribution is -0.118. The maximum atomic E-state index is 12.6. The molecule has 0 aliphatic rings. The van der Waals surface area contributed by atoms with E-state index in [2.05, 4.69) is 31.3 Å². The summed E-state index contributed by atoms with van der Waals surface area (Å²) in [4.78, 5) is 34.9. The molecule has 0 radical (unpaired) electrons. The average Bonchev–Trinajstić information content (AvgIpc) is 3.14. The van der Waals surface area contributed by atoms with Gasteiger partial charge in [-0.2, -0.15) is 5.21 Å². The van der Waals surface area contributed by atoms with E-state index in [4.69, 9.17) is 9.84 Å². The Bertz CT molecular complexity index is 821. The molecule has 144 valence electrons. The number of ether oxygens (including phenoxy) is 1. The fourth-order valence-electron chi connectivity index (χ4n) is 2.50. The molecular formula is C16H20N6O5. The topological polar surface area (TPSA) is 159 Å². The number of aromatic amines is 1. The SMILES string of the molecule is COc1cc(NC(=O)C(CC(C)C)NC(=O)O)c(-c2nn[nH]n2)cc1C=O. The highest BCUT2D eigenvalue weighted by Crippen LogP contribution is 2.32. The molecule has 1 aromatic heterocycles. The minimum atomic E-state index is -1.30. The number of aldehydes is 1. The molecule has 2 amide bonds. The van der Waals surface area contributed by atoms with Gasteiger partial charge in [-0.05, 0) is 23.6 Å². The van der Waals surface area contributed by atoms with Crippen LogP contribution in [0.4, 0.5) is 10.5 Å². The van der Waals surface area contributed by atoms with Crippen molar-refractivity contribution < 1.29 is 24.2 Å². The molecule has 0 bridgehead atoms. The molecule has 0 aliphatic heterocycles. The molecule has 2 aromatic rings. The number of H-pyrrole nitrogens is 1. The largest absolute Gasteiger partial charge is 0.496 e. The highest BCUT2D eigenvalue weighted by Gasteiger charge is 2.24. The van der Waals surface area contributed by atoms with Gasteiger partial charge in [-0.15, -0.1) is 10.2 Å². The van der Waals surface area contributed by atoms with Crippen molar-refractivity contribution in [2.45, 2.75) is 26.3 Å². The van der Waals surface area contributed by atoms with Gasteiger partial charge in [-0.1, -0.05) is 13.8 Å². The molecule has 1 atom stereocenters. The van der Waals surface area contributed by atoms with Gasteiger partial charge >= 0.3 is 6.09 Å². The number of hydrogen-bond donors (Lipinski definition) is 4. The number of carbonyl (C=O) groups is 3. The fourth-order valence-corrected chi connectivity index (χ4v) is 2.50. The van der Waals surface area contributed by atoms with Crippen LogP contribution in [-0.4, -0.2) is 57.2 Å². The first-order valence-corrected chi connectivity index (χ1v) is 8.07. The predicted molar refractivity (Wildman–Crippen MR) is 94.6 cm³/mol. The number of amides is 2. The summed E-state index contributed by atoms with van der Waals surface area (Å²) in [5.41, 5.74) is 0.820. The first kappa shape index (κ1) is 19.8. The number of hydrogen-bond acceptors (Lipinski definition) is 7. The number of nitrogens with zero attached hydrogens (tertiary/aromatic N) is 3. The summed E-state index contributed by atoms with van der Waals surface area (Å²) in [6.07, 6.45) is -0.399. The Hall–Kier alpha value is -3.50. The van der Waals surface area contributed by atoms with Crippen LogP contribution in [-0.2, 0) is 4.79 Å². The molecule has 1 heterocycles. The fraction of sp³-hybridized carbons (Fsp3) is 0.375. The van der Waals surface area contributed by atoms with E-state index in [1.807, 2.05) is 13.8 Å². The lowest BCUT2D eigenvalue weighted by Crippen LogP contribution is -2.44. The third-order valence-corrected chi connectivity index (χ3v) is 3.66. The van der Waals surface area contributed by atoms with Crippen LogP contribution >= 0.6 is 0 Å². The minimum Gasteiger partial charge on any atom is -0.496 e. The molecule has 27 heavy (non-hydrogen) atoms. The van der Waals surface area contributed by atoms with Crippen molar-refractivity contribution in [3.63, 3.8) is 0 Å². The molecular weight excluding hydrogens is 356 g/mol. The van der Waals surface area contributed by atoms with Gasteiger partial charge in [0.25, 0.3) is 0 Å². The van der Waals surface area contributed by atoms with E-state index in [-0.39, 0.29) is 28.7 Å². The van der Waals surface area contributed by atoms with Crippen LogP contribution in [0.5, 0.6) is 5.75 Å². The maximum Gasteiger partial charge on any atom is 0.405 e. The normalized spacial score (nSPS) is 11.7. The van der Waals surface area contributed by atoms with Gasteiger partial charge in [0, 0.05) is 11.6 Å². The number of carbonyl (C=O) groups excluding carboxylic acids is 2. The maximum absolute atomic E-state index is 12.6. The first-order valence-electron chi connectivity index (χ1n) is 8.07. The molecule has 1 unspecified atom stereocenters. The monoisotopic (exact) mass is 376 g/mol. The molecule has 0 fully saturated rings. The Kier molecular flexibility index (Phi) is 6.41. The Morgan fingerprint density at radius 2 is 2.11 bits per heavy atom. The summed E-state index contributed by atoms with van der Waals surface area (Å²) in [6.45, 7) is 3.74. The highest BCUT2D eigenvalue weighted by atomic mass is 16.5. The van der Waals surface area contributed by atoms with E-state index in [1.165, 1.54) is 19.2 Å². The number of tetrazole rings is 1. The Morgan fingerprint density at radius 3 is 2.63 bits per heavy atom. The second kappa shape index (κ2) is 8.74. The molecule has 0 spiro atoms. The van der Waals surface area contributed by atoms with E-state index in [9.17, 15) is 14.4 Å². The number of anilines is 1. The van der Waals surface area contributed by atoms with Crippen molar-refractivity contribution in [2.24, 2.45) is 5.92 Å². The van der Waals surface area contributed by atoms with Crippen LogP contribution in [0, 0.1) is 5.92 Å². The second-order valence-corrected chi connectivity index (χ2v) is 6.11.